The number of hydrogen-bond donors (Lipinski definition) is 3. The lowest BCUT2D eigenvalue weighted by atomic mass is 9.99. The molecule has 0 rings (SSSR count). The predicted octanol–water partition coefficient (Wildman–Crippen LogP) is 0.336. The number of carbonyl (C=O) groups is 1. The lowest BCUT2D eigenvalue weighted by molar-refractivity contribution is -0.115. The van der Waals surface area contributed by atoms with Crippen LogP contribution in [0.15, 0.2) is 11.1 Å². The third-order valence-electron chi connectivity index (χ3n) is 2.81. The van der Waals surface area contributed by atoms with E-state index in [4.69, 9.17) is 9.66 Å². The summed E-state index contributed by atoms with van der Waals surface area (Å²) in [4.78, 5) is 13.7. The Bertz CT molecular complexity index is 443. The van der Waals surface area contributed by atoms with Gasteiger partial charge < -0.3 is 10.0 Å². The molecular formula is C12H24N2O5S. The highest BCUT2D eigenvalue weighted by atomic mass is 32.2. The summed E-state index contributed by atoms with van der Waals surface area (Å²) in [5, 5.41) is 8.87. The zero-order valence-corrected chi connectivity index (χ0v) is 13.0. The monoisotopic (exact) mass is 308 g/mol. The quantitative estimate of drug-likeness (QED) is 0.419. The molecular weight excluding hydrogens is 284 g/mol. The Balaban J connectivity index is 4.85. The van der Waals surface area contributed by atoms with E-state index in [0.29, 0.717) is 19.3 Å². The molecule has 0 aromatic rings. The average Bonchev–Trinajstić information content (AvgIpc) is 2.30. The minimum Gasteiger partial charge on any atom is -0.396 e. The summed E-state index contributed by atoms with van der Waals surface area (Å²) in [5.74, 6) is -0.828. The van der Waals surface area contributed by atoms with Crippen molar-refractivity contribution >= 4 is 16.2 Å². The first-order chi connectivity index (χ1) is 9.17. The number of nitrogens with zero attached hydrogens (tertiary/aromatic N) is 1. The smallest absolute Gasteiger partial charge is 0.359 e. The Morgan fingerprint density at radius 1 is 1.20 bits per heavy atom. The Labute approximate surface area is 120 Å². The normalized spacial score (nSPS) is 13.3. The Hall–Kier alpha value is -0.960. The van der Waals surface area contributed by atoms with Gasteiger partial charge in [-0.1, -0.05) is 5.57 Å². The van der Waals surface area contributed by atoms with Gasteiger partial charge in [-0.15, -0.1) is 0 Å². The average molecular weight is 308 g/mol. The maximum absolute atomic E-state index is 11.7. The third kappa shape index (κ3) is 9.03. The number of rotatable bonds is 9. The Morgan fingerprint density at radius 2 is 1.75 bits per heavy atom. The number of aliphatic hydroxyl groups is 1. The molecule has 0 aliphatic heterocycles. The van der Waals surface area contributed by atoms with Crippen LogP contribution in [-0.4, -0.2) is 56.1 Å². The first kappa shape index (κ1) is 19.0. The molecule has 0 aliphatic rings. The van der Waals surface area contributed by atoms with Crippen molar-refractivity contribution in [3.8, 4) is 0 Å². The minimum absolute atomic E-state index is 0.00434. The molecule has 0 heterocycles. The van der Waals surface area contributed by atoms with Gasteiger partial charge in [0.2, 0.25) is 0 Å². The SMILES string of the molecule is CC(C(=O)NS(=O)(=O)O)=C(CCCO)CCCN(C)C. The molecule has 0 aromatic carbocycles. The molecule has 8 heteroatoms. The van der Waals surface area contributed by atoms with Gasteiger partial charge in [-0.3, -0.25) is 9.35 Å². The van der Waals surface area contributed by atoms with E-state index in [9.17, 15) is 13.2 Å². The van der Waals surface area contributed by atoms with Gasteiger partial charge in [-0.2, -0.15) is 8.42 Å². The van der Waals surface area contributed by atoms with E-state index in [0.717, 1.165) is 18.5 Å². The van der Waals surface area contributed by atoms with Gasteiger partial charge in [-0.25, -0.2) is 4.72 Å². The van der Waals surface area contributed by atoms with Gasteiger partial charge in [0.15, 0.2) is 0 Å². The Morgan fingerprint density at radius 3 is 2.20 bits per heavy atom. The first-order valence-electron chi connectivity index (χ1n) is 6.41. The Kier molecular flexibility index (Phi) is 8.63. The van der Waals surface area contributed by atoms with E-state index in [1.165, 1.54) is 11.6 Å². The molecule has 7 nitrogen and oxygen atoms in total. The lowest BCUT2D eigenvalue weighted by Crippen LogP contribution is -2.31. The van der Waals surface area contributed by atoms with E-state index in [-0.39, 0.29) is 12.2 Å². The zero-order valence-electron chi connectivity index (χ0n) is 12.2. The van der Waals surface area contributed by atoms with Crippen LogP contribution in [0.4, 0.5) is 0 Å². The zero-order chi connectivity index (χ0) is 15.8. The largest absolute Gasteiger partial charge is 0.396 e. The van der Waals surface area contributed by atoms with Crippen LogP contribution in [0.3, 0.4) is 0 Å². The van der Waals surface area contributed by atoms with E-state index in [1.54, 1.807) is 0 Å². The first-order valence-corrected chi connectivity index (χ1v) is 7.85. The molecule has 0 aromatic heterocycles. The summed E-state index contributed by atoms with van der Waals surface area (Å²) in [7, 11) is -0.669. The van der Waals surface area contributed by atoms with Crippen molar-refractivity contribution in [1.29, 1.82) is 0 Å². The second-order valence-electron chi connectivity index (χ2n) is 4.87. The molecule has 0 unspecified atom stereocenters. The van der Waals surface area contributed by atoms with E-state index in [2.05, 4.69) is 0 Å². The van der Waals surface area contributed by atoms with Gasteiger partial charge in [0, 0.05) is 12.2 Å². The molecule has 0 spiro atoms. The molecule has 1 amide bonds. The van der Waals surface area contributed by atoms with Crippen LogP contribution in [-0.2, 0) is 15.1 Å². The van der Waals surface area contributed by atoms with Crippen LogP contribution in [0.25, 0.3) is 0 Å². The summed E-state index contributed by atoms with van der Waals surface area (Å²) in [6, 6.07) is 0. The maximum atomic E-state index is 11.7. The summed E-state index contributed by atoms with van der Waals surface area (Å²) in [6.45, 7) is 2.36. The van der Waals surface area contributed by atoms with Gasteiger partial charge in [0.1, 0.15) is 0 Å². The van der Waals surface area contributed by atoms with Gasteiger partial charge >= 0.3 is 10.3 Å². The molecule has 0 atom stereocenters. The number of allylic oxidation sites excluding steroid dienone is 1. The maximum Gasteiger partial charge on any atom is 0.359 e. The molecule has 0 fully saturated rings. The van der Waals surface area contributed by atoms with Crippen molar-refractivity contribution in [1.82, 2.24) is 9.62 Å². The molecule has 0 aliphatic carbocycles. The van der Waals surface area contributed by atoms with Crippen LogP contribution in [0.2, 0.25) is 0 Å². The van der Waals surface area contributed by atoms with E-state index in [1.807, 2.05) is 19.0 Å². The lowest BCUT2D eigenvalue weighted by Gasteiger charge is -2.14. The van der Waals surface area contributed by atoms with Crippen molar-refractivity contribution in [2.45, 2.75) is 32.6 Å². The van der Waals surface area contributed by atoms with Crippen molar-refractivity contribution in [2.24, 2.45) is 0 Å². The fourth-order valence-electron chi connectivity index (χ4n) is 1.76. The number of aliphatic hydroxyl groups excluding tert-OH is 1. The van der Waals surface area contributed by atoms with Gasteiger partial charge in [0.05, 0.1) is 0 Å². The molecule has 0 saturated carbocycles. The topological polar surface area (TPSA) is 107 Å². The standard InChI is InChI=1S/C12H24N2O5S/c1-10(12(16)13-20(17,18)19)11(7-5-9-15)6-4-8-14(2)3/h15H,4-9H2,1-3H3,(H,13,16)(H,17,18,19). The predicted molar refractivity (Wildman–Crippen MR) is 76.5 cm³/mol. The van der Waals surface area contributed by atoms with E-state index < -0.39 is 16.2 Å². The van der Waals surface area contributed by atoms with Gasteiger partial charge in [-0.05, 0) is 53.2 Å². The van der Waals surface area contributed by atoms with Crippen molar-refractivity contribution < 1.29 is 22.9 Å². The number of hydrogen-bond acceptors (Lipinski definition) is 5. The molecule has 0 bridgehead atoms. The van der Waals surface area contributed by atoms with Crippen molar-refractivity contribution in [3.63, 3.8) is 0 Å². The van der Waals surface area contributed by atoms with Crippen LogP contribution in [0.1, 0.15) is 32.6 Å². The molecule has 20 heavy (non-hydrogen) atoms. The number of carbonyl (C=O) groups excluding carboxylic acids is 1. The minimum atomic E-state index is -4.55. The van der Waals surface area contributed by atoms with E-state index >= 15 is 0 Å². The van der Waals surface area contributed by atoms with Crippen molar-refractivity contribution in [3.05, 3.63) is 11.1 Å². The number of nitrogens with one attached hydrogen (secondary N) is 1. The fourth-order valence-corrected chi connectivity index (χ4v) is 2.14. The molecule has 0 saturated heterocycles. The second-order valence-corrected chi connectivity index (χ2v) is 6.02. The van der Waals surface area contributed by atoms with Crippen molar-refractivity contribution in [2.75, 3.05) is 27.2 Å². The summed E-state index contributed by atoms with van der Waals surface area (Å²) in [5.41, 5.74) is 1.07. The molecule has 118 valence electrons. The highest BCUT2D eigenvalue weighted by Gasteiger charge is 2.15. The third-order valence-corrected chi connectivity index (χ3v) is 3.26. The van der Waals surface area contributed by atoms with Crippen LogP contribution in [0.5, 0.6) is 0 Å². The van der Waals surface area contributed by atoms with Gasteiger partial charge in [0.25, 0.3) is 5.91 Å². The fraction of sp³-hybridized carbons (Fsp3) is 0.750. The number of amides is 1. The molecule has 0 radical (unpaired) electrons. The van der Waals surface area contributed by atoms with Crippen LogP contribution < -0.4 is 4.72 Å². The highest BCUT2D eigenvalue weighted by Crippen LogP contribution is 2.17. The summed E-state index contributed by atoms with van der Waals surface area (Å²) >= 11 is 0. The van der Waals surface area contributed by atoms with Crippen LogP contribution in [0, 0.1) is 0 Å². The van der Waals surface area contributed by atoms with Crippen LogP contribution >= 0.6 is 0 Å². The second kappa shape index (κ2) is 9.06. The summed E-state index contributed by atoms with van der Waals surface area (Å²) in [6.07, 6.45) is 2.50. The highest BCUT2D eigenvalue weighted by molar-refractivity contribution is 7.84. The summed E-state index contributed by atoms with van der Waals surface area (Å²) < 4.78 is 31.4. The molecule has 3 N–H and O–H groups in total.